The lowest BCUT2D eigenvalue weighted by Gasteiger charge is -2.67. The second-order valence-electron chi connectivity index (χ2n) is 38.0. The fourth-order valence-corrected chi connectivity index (χ4v) is 31.4. The minimum Gasteiger partial charge on any atom is -0.494 e. The molecule has 0 N–H and O–H groups in total. The number of hydrogen-bond acceptors (Lipinski definition) is 6. The number of aryl methyl sites for hydroxylation is 1. The van der Waals surface area contributed by atoms with E-state index < -0.39 is 6.10 Å². The summed E-state index contributed by atoms with van der Waals surface area (Å²) in [4.78, 5) is 17.6. The number of thiophene rings is 3. The molecule has 3 heterocycles. The van der Waals surface area contributed by atoms with Crippen molar-refractivity contribution in [3.8, 4) is 92.0 Å². The summed E-state index contributed by atoms with van der Waals surface area (Å²) in [6.45, 7) is 26.4. The maximum absolute atomic E-state index is 12.1. The van der Waals surface area contributed by atoms with Crippen LogP contribution in [0.3, 0.4) is 0 Å². The molecule has 19 rings (SSSR count). The highest BCUT2D eigenvalue weighted by atomic mass is 32.1. The minimum atomic E-state index is -0.395. The van der Waals surface area contributed by atoms with E-state index >= 15 is 0 Å². The molecule has 3 spiro atoms. The summed E-state index contributed by atoms with van der Waals surface area (Å²) in [6, 6.07) is 65.5. The summed E-state index contributed by atoms with van der Waals surface area (Å²) in [7, 11) is 0. The molecule has 6 heteroatoms. The van der Waals surface area contributed by atoms with Crippen LogP contribution in [0.1, 0.15) is 280 Å². The van der Waals surface area contributed by atoms with Crippen LogP contribution in [-0.2, 0) is 25.8 Å². The van der Waals surface area contributed by atoms with Crippen molar-refractivity contribution in [1.82, 2.24) is 0 Å². The molecule has 7 aromatic carbocycles. The molecule has 0 amide bonds. The van der Waals surface area contributed by atoms with Gasteiger partial charge in [-0.3, -0.25) is 4.79 Å². The molecule has 0 saturated heterocycles. The Balaban J connectivity index is 0.601. The molecule has 9 aliphatic rings. The van der Waals surface area contributed by atoms with E-state index in [1.165, 1.54) is 268 Å². The number of hydrogen-bond donors (Lipinski definition) is 0. The SMILES string of the molecule is C=CC(C=C)OC(=O)CCCCCCCCCCOc1ccc(-c2ccc(-c3ccc4c(c3)C3(c5cc(-c6ccc7c(c6)C6(c8cc(-c9cc%10sc(-c%11ccc%12c(c%11)C%11(c%13cc(C)ccc%13-%12)C%12(CCC)CCCC%11(CCC)CCC%12)cc%10s9)ccc8-7)C7(C)CCCC6(C)CCC7)ccc5-4)C4(C)CCCC3(C)CCC4)s2)cc1. The number of unbranched alkanes of at least 4 members (excludes halogenated alkanes) is 7. The zero-order valence-corrected chi connectivity index (χ0v) is 70.7. The lowest BCUT2D eigenvalue weighted by molar-refractivity contribution is -0.145. The minimum absolute atomic E-state index is 0.0608. The monoisotopic (exact) mass is 1530 g/mol. The lowest BCUT2D eigenvalue weighted by atomic mass is 9.36. The van der Waals surface area contributed by atoms with Crippen LogP contribution in [0.25, 0.3) is 95.7 Å². The number of rotatable bonds is 24. The number of ether oxygens (including phenoxy) is 2. The Kier molecular flexibility index (Phi) is 19.0. The summed E-state index contributed by atoms with van der Waals surface area (Å²) < 4.78 is 14.5. The van der Waals surface area contributed by atoms with Crippen molar-refractivity contribution in [1.29, 1.82) is 0 Å². The van der Waals surface area contributed by atoms with Crippen molar-refractivity contribution in [2.24, 2.45) is 32.5 Å². The van der Waals surface area contributed by atoms with Gasteiger partial charge in [0, 0.05) is 51.6 Å². The summed E-state index contributed by atoms with van der Waals surface area (Å²) in [6.07, 6.45) is 41.0. The van der Waals surface area contributed by atoms with Gasteiger partial charge in [0.15, 0.2) is 0 Å². The molecule has 6 fully saturated rings. The summed E-state index contributed by atoms with van der Waals surface area (Å²) in [5.74, 6) is 0.775. The molecule has 3 aromatic heterocycles. The third kappa shape index (κ3) is 11.1. The van der Waals surface area contributed by atoms with Gasteiger partial charge in [-0.25, -0.2) is 0 Å². The normalized spacial score (nSPS) is 28.0. The zero-order valence-electron chi connectivity index (χ0n) is 68.2. The number of carbonyl (C=O) groups is 1. The Labute approximate surface area is 681 Å². The van der Waals surface area contributed by atoms with Crippen LogP contribution < -0.4 is 4.74 Å². The molecule has 0 atom stereocenters. The first-order valence-electron chi connectivity index (χ1n) is 44.1. The van der Waals surface area contributed by atoms with Crippen LogP contribution in [0.2, 0.25) is 0 Å². The highest BCUT2D eigenvalue weighted by Crippen LogP contribution is 2.79. The van der Waals surface area contributed by atoms with E-state index in [1.807, 2.05) is 34.0 Å². The Morgan fingerprint density at radius 2 is 0.732 bits per heavy atom. The molecule has 0 unspecified atom stereocenters. The summed E-state index contributed by atoms with van der Waals surface area (Å²) in [5.41, 5.74) is 29.4. The van der Waals surface area contributed by atoms with Crippen molar-refractivity contribution in [2.75, 3.05) is 6.61 Å². The number of esters is 1. The van der Waals surface area contributed by atoms with Crippen LogP contribution in [0.5, 0.6) is 5.75 Å². The Hall–Kier alpha value is -7.35. The molecule has 0 aliphatic heterocycles. The predicted molar refractivity (Wildman–Crippen MR) is 476 cm³/mol. The Morgan fingerprint density at radius 3 is 1.16 bits per heavy atom. The summed E-state index contributed by atoms with van der Waals surface area (Å²) in [5, 5.41) is 0. The molecule has 112 heavy (non-hydrogen) atoms. The first kappa shape index (κ1) is 74.7. The highest BCUT2D eigenvalue weighted by molar-refractivity contribution is 7.31. The summed E-state index contributed by atoms with van der Waals surface area (Å²) >= 11 is 6.01. The van der Waals surface area contributed by atoms with Crippen molar-refractivity contribution in [3.63, 3.8) is 0 Å². The van der Waals surface area contributed by atoms with Crippen molar-refractivity contribution < 1.29 is 14.3 Å². The van der Waals surface area contributed by atoms with Crippen LogP contribution in [0.4, 0.5) is 0 Å². The average Bonchev–Trinajstić information content (AvgIpc) is 1.48. The quantitative estimate of drug-likeness (QED) is 0.0344. The third-order valence-corrected chi connectivity index (χ3v) is 35.7. The van der Waals surface area contributed by atoms with Gasteiger partial charge < -0.3 is 9.47 Å². The first-order chi connectivity index (χ1) is 54.4. The van der Waals surface area contributed by atoms with Gasteiger partial charge in [0.25, 0.3) is 0 Å². The van der Waals surface area contributed by atoms with Gasteiger partial charge in [-0.05, 0) is 333 Å². The lowest BCUT2D eigenvalue weighted by Crippen LogP contribution is -2.62. The largest absolute Gasteiger partial charge is 0.494 e. The van der Waals surface area contributed by atoms with E-state index in [-0.39, 0.29) is 43.9 Å². The molecule has 3 nitrogen and oxygen atoms in total. The van der Waals surface area contributed by atoms with Gasteiger partial charge in [-0.15, -0.1) is 34.0 Å². The first-order valence-corrected chi connectivity index (χ1v) is 46.6. The standard InChI is InChI=1S/C106H118O3S3/c1-10-47-102-57-26-59-103(48-11-2,60-27-58-102)106(102)85-62-70(5)29-39-79(85)84-44-36-76(67-90(84)106)94-69-96-95(112-94)68-93(111-96)75-35-43-83-81-41-33-73(64-87(81)105(89(83)66-75)100(8)53-24-55-101(105,9)56-25-54-100)72-32-40-80-82-42-34-74(65-88(82)104(86(80)63-72)98(6)49-22-51-99(104,7)52-23-50-98)92-46-45-91(110-92)71-30-37-78(38-31-71)108-61-21-19-17-15-14-16-18-20-28-97(107)109-77(12-3)13-4/h12-13,29-46,62-69,77H,3-4,10-11,14-28,47-61H2,1-2,5-9H3. The van der Waals surface area contributed by atoms with E-state index in [0.717, 1.165) is 38.0 Å². The van der Waals surface area contributed by atoms with E-state index in [2.05, 4.69) is 219 Å². The predicted octanol–water partition coefficient (Wildman–Crippen LogP) is 31.3. The van der Waals surface area contributed by atoms with Gasteiger partial charge in [0.05, 0.1) is 6.61 Å². The topological polar surface area (TPSA) is 35.5 Å². The maximum atomic E-state index is 12.1. The Morgan fingerprint density at radius 1 is 0.384 bits per heavy atom. The van der Waals surface area contributed by atoms with Gasteiger partial charge in [-0.1, -0.05) is 229 Å². The smallest absolute Gasteiger partial charge is 0.306 e. The molecule has 10 aromatic rings. The average molecular weight is 1540 g/mol. The van der Waals surface area contributed by atoms with Crippen LogP contribution in [-0.4, -0.2) is 18.7 Å². The van der Waals surface area contributed by atoms with E-state index in [0.29, 0.717) is 17.3 Å². The zero-order chi connectivity index (χ0) is 76.6. The van der Waals surface area contributed by atoms with E-state index in [9.17, 15) is 4.79 Å². The number of benzene rings is 7. The van der Waals surface area contributed by atoms with Gasteiger partial charge in [0.2, 0.25) is 0 Å². The Bertz CT molecular complexity index is 5190. The van der Waals surface area contributed by atoms with Crippen LogP contribution in [0.15, 0.2) is 183 Å². The van der Waals surface area contributed by atoms with E-state index in [1.54, 1.807) is 45.5 Å². The van der Waals surface area contributed by atoms with E-state index in [4.69, 9.17) is 9.47 Å². The fraction of sp³-hybridized carbons (Fsp3) is 0.462. The molecule has 578 valence electrons. The van der Waals surface area contributed by atoms with Crippen molar-refractivity contribution in [3.05, 3.63) is 222 Å². The molecule has 9 aliphatic carbocycles. The maximum Gasteiger partial charge on any atom is 0.306 e. The third-order valence-electron chi connectivity index (χ3n) is 32.1. The van der Waals surface area contributed by atoms with Gasteiger partial charge in [-0.2, -0.15) is 0 Å². The second-order valence-corrected chi connectivity index (χ2v) is 41.3. The molecule has 6 bridgehead atoms. The number of fused-ring (bicyclic) bond motifs is 10. The fourth-order valence-electron chi connectivity index (χ4n) is 28.0. The highest BCUT2D eigenvalue weighted by Gasteiger charge is 2.71. The van der Waals surface area contributed by atoms with Crippen LogP contribution >= 0.6 is 34.0 Å². The molecular formula is C106H118O3S3. The van der Waals surface area contributed by atoms with Gasteiger partial charge in [0.1, 0.15) is 11.9 Å². The van der Waals surface area contributed by atoms with Gasteiger partial charge >= 0.3 is 5.97 Å². The molecule has 0 radical (unpaired) electrons. The number of carbonyl (C=O) groups excluding carboxylic acids is 1. The molecular weight excluding hydrogens is 1420 g/mol. The van der Waals surface area contributed by atoms with Crippen molar-refractivity contribution >= 4 is 49.4 Å². The molecule has 6 saturated carbocycles. The second kappa shape index (κ2) is 28.5. The van der Waals surface area contributed by atoms with Crippen LogP contribution in [0, 0.1) is 39.4 Å². The van der Waals surface area contributed by atoms with Crippen molar-refractivity contribution in [2.45, 2.75) is 270 Å².